The maximum atomic E-state index is 11.6. The molecule has 0 rings (SSSR count). The number of ether oxygens (including phenoxy) is 3. The summed E-state index contributed by atoms with van der Waals surface area (Å²) in [5, 5.41) is 9.36. The summed E-state index contributed by atoms with van der Waals surface area (Å²) >= 11 is 0. The second-order valence-corrected chi connectivity index (χ2v) is 8.21. The molecule has 0 spiro atoms. The van der Waals surface area contributed by atoms with Gasteiger partial charge in [0.1, 0.15) is 0 Å². The number of unbranched alkanes of at least 4 members (excludes halogenated alkanes) is 13. The van der Waals surface area contributed by atoms with Gasteiger partial charge in [-0.2, -0.15) is 0 Å². The van der Waals surface area contributed by atoms with Gasteiger partial charge in [0.05, 0.1) is 13.0 Å². The van der Waals surface area contributed by atoms with E-state index in [1.807, 2.05) is 0 Å². The number of aliphatic hydroxyl groups excluding tert-OH is 1. The molecular formula is C25H48O5. The number of esters is 1. The Morgan fingerprint density at radius 2 is 1.23 bits per heavy atom. The Kier molecular flexibility index (Phi) is 22.1. The van der Waals surface area contributed by atoms with Crippen LogP contribution in [0.15, 0.2) is 12.2 Å². The molecule has 5 nitrogen and oxygen atoms in total. The Morgan fingerprint density at radius 3 is 1.73 bits per heavy atom. The van der Waals surface area contributed by atoms with Crippen molar-refractivity contribution in [1.82, 2.24) is 0 Å². The topological polar surface area (TPSA) is 65.0 Å². The van der Waals surface area contributed by atoms with Gasteiger partial charge in [0, 0.05) is 26.7 Å². The number of aliphatic hydroxyl groups is 1. The molecule has 0 heterocycles. The fourth-order valence-corrected chi connectivity index (χ4v) is 3.34. The summed E-state index contributed by atoms with van der Waals surface area (Å²) < 4.78 is 15.4. The van der Waals surface area contributed by atoms with Crippen molar-refractivity contribution >= 4 is 5.97 Å². The summed E-state index contributed by atoms with van der Waals surface area (Å²) in [6, 6.07) is 0. The van der Waals surface area contributed by atoms with Gasteiger partial charge in [0.15, 0.2) is 6.29 Å². The zero-order chi connectivity index (χ0) is 22.3. The van der Waals surface area contributed by atoms with Gasteiger partial charge < -0.3 is 19.3 Å². The van der Waals surface area contributed by atoms with E-state index in [2.05, 4.69) is 18.2 Å². The first kappa shape index (κ1) is 29.1. The van der Waals surface area contributed by atoms with Crippen LogP contribution in [0.5, 0.6) is 0 Å². The van der Waals surface area contributed by atoms with Crippen LogP contribution in [0.25, 0.3) is 0 Å². The number of hydrogen-bond donors (Lipinski definition) is 1. The summed E-state index contributed by atoms with van der Waals surface area (Å²) in [6.45, 7) is 7.58. The van der Waals surface area contributed by atoms with Crippen molar-refractivity contribution in [3.05, 3.63) is 12.2 Å². The highest BCUT2D eigenvalue weighted by Crippen LogP contribution is 2.13. The Balaban J connectivity index is 3.19. The lowest BCUT2D eigenvalue weighted by atomic mass is 10.0. The van der Waals surface area contributed by atoms with Crippen molar-refractivity contribution in [2.45, 2.75) is 116 Å². The average molecular weight is 429 g/mol. The second kappa shape index (κ2) is 22.8. The Bertz CT molecular complexity index is 397. The molecular weight excluding hydrogens is 380 g/mol. The summed E-state index contributed by atoms with van der Waals surface area (Å²) in [4.78, 5) is 11.6. The van der Waals surface area contributed by atoms with Crippen molar-refractivity contribution < 1.29 is 24.1 Å². The molecule has 0 aliphatic heterocycles. The molecule has 0 aliphatic carbocycles. The minimum Gasteiger partial charge on any atom is -0.465 e. The van der Waals surface area contributed by atoms with Crippen LogP contribution in [0.3, 0.4) is 0 Å². The van der Waals surface area contributed by atoms with Gasteiger partial charge in [0.2, 0.25) is 0 Å². The lowest BCUT2D eigenvalue weighted by molar-refractivity contribution is -0.144. The van der Waals surface area contributed by atoms with Crippen molar-refractivity contribution in [1.29, 1.82) is 0 Å². The van der Waals surface area contributed by atoms with Gasteiger partial charge >= 0.3 is 5.97 Å². The predicted octanol–water partition coefficient (Wildman–Crippen LogP) is 6.33. The van der Waals surface area contributed by atoms with Crippen LogP contribution < -0.4 is 0 Å². The molecule has 0 aromatic carbocycles. The van der Waals surface area contributed by atoms with Crippen LogP contribution in [-0.4, -0.2) is 44.3 Å². The van der Waals surface area contributed by atoms with Crippen molar-refractivity contribution in [3.8, 4) is 0 Å². The zero-order valence-electron chi connectivity index (χ0n) is 19.8. The third-order valence-electron chi connectivity index (χ3n) is 5.28. The van der Waals surface area contributed by atoms with E-state index in [0.29, 0.717) is 25.2 Å². The first-order valence-corrected chi connectivity index (χ1v) is 12.2. The molecule has 0 saturated carbocycles. The fraction of sp³-hybridized carbons (Fsp3) is 0.880. The van der Waals surface area contributed by atoms with Crippen LogP contribution in [0.4, 0.5) is 0 Å². The predicted molar refractivity (Wildman–Crippen MR) is 123 cm³/mol. The third kappa shape index (κ3) is 20.4. The van der Waals surface area contributed by atoms with Gasteiger partial charge in [-0.15, -0.1) is 0 Å². The third-order valence-corrected chi connectivity index (χ3v) is 5.28. The lowest BCUT2D eigenvalue weighted by Gasteiger charge is -2.11. The molecule has 178 valence electrons. The summed E-state index contributed by atoms with van der Waals surface area (Å²) in [5.74, 6) is -0.400. The Labute approximate surface area is 185 Å². The largest absolute Gasteiger partial charge is 0.465 e. The van der Waals surface area contributed by atoms with E-state index < -0.39 is 12.3 Å². The van der Waals surface area contributed by atoms with Gasteiger partial charge in [0.25, 0.3) is 0 Å². The number of rotatable bonds is 23. The van der Waals surface area contributed by atoms with E-state index in [9.17, 15) is 9.90 Å². The SMILES string of the molecule is C=C(CC(=O)OCCCOCCCCCCCCCCCCCCCC)C(O)OC. The van der Waals surface area contributed by atoms with Crippen molar-refractivity contribution in [3.63, 3.8) is 0 Å². The molecule has 1 atom stereocenters. The normalized spacial score (nSPS) is 12.1. The van der Waals surface area contributed by atoms with Crippen LogP contribution in [0.1, 0.15) is 110 Å². The van der Waals surface area contributed by atoms with Crippen LogP contribution >= 0.6 is 0 Å². The number of methoxy groups -OCH3 is 1. The minimum absolute atomic E-state index is 0.0328. The minimum atomic E-state index is -1.12. The quantitative estimate of drug-likeness (QED) is 0.0891. The highest BCUT2D eigenvalue weighted by atomic mass is 16.6. The summed E-state index contributed by atoms with van der Waals surface area (Å²) in [6.07, 6.45) is 18.5. The average Bonchev–Trinajstić information content (AvgIpc) is 2.74. The number of carbonyl (C=O) groups is 1. The lowest BCUT2D eigenvalue weighted by Crippen LogP contribution is -2.16. The molecule has 0 amide bonds. The molecule has 0 fully saturated rings. The molecule has 0 aromatic rings. The maximum Gasteiger partial charge on any atom is 0.310 e. The van der Waals surface area contributed by atoms with Gasteiger partial charge in [-0.25, -0.2) is 0 Å². The van der Waals surface area contributed by atoms with E-state index in [1.54, 1.807) is 0 Å². The van der Waals surface area contributed by atoms with Gasteiger partial charge in [-0.1, -0.05) is 97.0 Å². The monoisotopic (exact) mass is 428 g/mol. The second-order valence-electron chi connectivity index (χ2n) is 8.21. The molecule has 30 heavy (non-hydrogen) atoms. The smallest absolute Gasteiger partial charge is 0.310 e. The maximum absolute atomic E-state index is 11.6. The zero-order valence-corrected chi connectivity index (χ0v) is 19.8. The number of carbonyl (C=O) groups excluding carboxylic acids is 1. The van der Waals surface area contributed by atoms with Crippen molar-refractivity contribution in [2.75, 3.05) is 26.9 Å². The molecule has 0 aliphatic rings. The summed E-state index contributed by atoms with van der Waals surface area (Å²) in [7, 11) is 1.36. The molecule has 0 radical (unpaired) electrons. The van der Waals surface area contributed by atoms with Crippen LogP contribution in [0, 0.1) is 0 Å². The molecule has 0 saturated heterocycles. The number of hydrogen-bond acceptors (Lipinski definition) is 5. The van der Waals surface area contributed by atoms with Crippen LogP contribution in [0.2, 0.25) is 0 Å². The van der Waals surface area contributed by atoms with E-state index in [-0.39, 0.29) is 6.42 Å². The van der Waals surface area contributed by atoms with E-state index in [1.165, 1.54) is 90.6 Å². The highest BCUT2D eigenvalue weighted by Gasteiger charge is 2.12. The molecule has 0 aromatic heterocycles. The first-order chi connectivity index (χ1) is 14.6. The van der Waals surface area contributed by atoms with Crippen LogP contribution in [-0.2, 0) is 19.0 Å². The first-order valence-electron chi connectivity index (χ1n) is 12.2. The van der Waals surface area contributed by atoms with Gasteiger partial charge in [-0.05, 0) is 12.0 Å². The molecule has 0 bridgehead atoms. The Hall–Kier alpha value is -0.910. The molecule has 1 unspecified atom stereocenters. The summed E-state index contributed by atoms with van der Waals surface area (Å²) in [5.41, 5.74) is 0.302. The highest BCUT2D eigenvalue weighted by molar-refractivity contribution is 5.72. The standard InChI is InChI=1S/C25H48O5/c1-4-5-6-7-8-9-10-11-12-13-14-15-16-17-19-29-20-18-21-30-24(26)22-23(2)25(27)28-3/h25,27H,2,4-22H2,1,3H3. The van der Waals surface area contributed by atoms with E-state index in [4.69, 9.17) is 9.47 Å². The van der Waals surface area contributed by atoms with E-state index >= 15 is 0 Å². The molecule has 5 heteroatoms. The molecule has 1 N–H and O–H groups in total. The van der Waals surface area contributed by atoms with Gasteiger partial charge in [-0.3, -0.25) is 4.79 Å². The van der Waals surface area contributed by atoms with Crippen molar-refractivity contribution in [2.24, 2.45) is 0 Å². The Morgan fingerprint density at radius 1 is 0.767 bits per heavy atom. The van der Waals surface area contributed by atoms with E-state index in [0.717, 1.165) is 13.0 Å². The fourth-order valence-electron chi connectivity index (χ4n) is 3.34.